The standard InChI is InChI=1S/C16H17ClO3S/c1-16(18,14-5-3-2-4-6-14)12-21(19,20)11-13-7-9-15(17)10-8-13/h2-10,18H,11-12H2,1H3/t16-/m1/s1. The SMILES string of the molecule is C[C@@](O)(CS(=O)(=O)Cc1ccc(Cl)cc1)c1ccccc1. The average molecular weight is 325 g/mol. The van der Waals surface area contributed by atoms with Gasteiger partial charge in [0.05, 0.1) is 11.5 Å². The van der Waals surface area contributed by atoms with Crippen LogP contribution in [0, 0.1) is 0 Å². The van der Waals surface area contributed by atoms with E-state index in [9.17, 15) is 13.5 Å². The molecule has 0 fully saturated rings. The van der Waals surface area contributed by atoms with Crippen LogP contribution < -0.4 is 0 Å². The Balaban J connectivity index is 2.15. The largest absolute Gasteiger partial charge is 0.384 e. The monoisotopic (exact) mass is 324 g/mol. The molecule has 1 atom stereocenters. The zero-order chi connectivity index (χ0) is 15.5. The van der Waals surface area contributed by atoms with E-state index >= 15 is 0 Å². The van der Waals surface area contributed by atoms with Gasteiger partial charge in [0.1, 0.15) is 5.60 Å². The molecular weight excluding hydrogens is 308 g/mol. The lowest BCUT2D eigenvalue weighted by atomic mass is 9.99. The normalized spacial score (nSPS) is 14.6. The van der Waals surface area contributed by atoms with E-state index in [1.807, 2.05) is 6.07 Å². The Bertz CT molecular complexity index is 692. The lowest BCUT2D eigenvalue weighted by Crippen LogP contribution is -2.31. The van der Waals surface area contributed by atoms with Crippen molar-refractivity contribution < 1.29 is 13.5 Å². The van der Waals surface area contributed by atoms with Crippen molar-refractivity contribution in [1.82, 2.24) is 0 Å². The number of hydrogen-bond donors (Lipinski definition) is 1. The fourth-order valence-corrected chi connectivity index (χ4v) is 4.15. The molecule has 5 heteroatoms. The number of halogens is 1. The van der Waals surface area contributed by atoms with Crippen molar-refractivity contribution in [3.63, 3.8) is 0 Å². The first-order valence-corrected chi connectivity index (χ1v) is 8.71. The van der Waals surface area contributed by atoms with Gasteiger partial charge in [0.15, 0.2) is 9.84 Å². The molecule has 0 unspecified atom stereocenters. The fourth-order valence-electron chi connectivity index (χ4n) is 2.19. The summed E-state index contributed by atoms with van der Waals surface area (Å²) in [4.78, 5) is 0. The zero-order valence-electron chi connectivity index (χ0n) is 11.7. The van der Waals surface area contributed by atoms with Crippen molar-refractivity contribution >= 4 is 21.4 Å². The maximum absolute atomic E-state index is 12.3. The quantitative estimate of drug-likeness (QED) is 0.919. The number of sulfone groups is 1. The van der Waals surface area contributed by atoms with Gasteiger partial charge in [-0.15, -0.1) is 0 Å². The molecule has 2 aromatic rings. The summed E-state index contributed by atoms with van der Waals surface area (Å²) in [5, 5.41) is 11.0. The summed E-state index contributed by atoms with van der Waals surface area (Å²) in [6.45, 7) is 1.52. The van der Waals surface area contributed by atoms with Crippen molar-refractivity contribution in [3.8, 4) is 0 Å². The van der Waals surface area contributed by atoms with Crippen molar-refractivity contribution in [1.29, 1.82) is 0 Å². The molecule has 2 aromatic carbocycles. The third-order valence-corrected chi connectivity index (χ3v) is 5.22. The predicted octanol–water partition coefficient (Wildman–Crippen LogP) is 3.16. The van der Waals surface area contributed by atoms with Gasteiger partial charge in [-0.25, -0.2) is 8.42 Å². The van der Waals surface area contributed by atoms with Gasteiger partial charge in [0, 0.05) is 5.02 Å². The molecule has 0 spiro atoms. The van der Waals surface area contributed by atoms with Gasteiger partial charge in [-0.05, 0) is 30.2 Å². The molecule has 0 aliphatic heterocycles. The van der Waals surface area contributed by atoms with Gasteiger partial charge < -0.3 is 5.11 Å². The van der Waals surface area contributed by atoms with Crippen LogP contribution in [0.2, 0.25) is 5.02 Å². The third-order valence-electron chi connectivity index (χ3n) is 3.20. The Morgan fingerprint density at radius 2 is 1.62 bits per heavy atom. The Morgan fingerprint density at radius 3 is 2.19 bits per heavy atom. The third kappa shape index (κ3) is 4.56. The van der Waals surface area contributed by atoms with Gasteiger partial charge in [0.2, 0.25) is 0 Å². The molecule has 112 valence electrons. The van der Waals surface area contributed by atoms with Gasteiger partial charge in [-0.3, -0.25) is 0 Å². The van der Waals surface area contributed by atoms with Crippen LogP contribution >= 0.6 is 11.6 Å². The Labute approximate surface area is 130 Å². The van der Waals surface area contributed by atoms with Crippen LogP contribution in [0.4, 0.5) is 0 Å². The minimum Gasteiger partial charge on any atom is -0.384 e. The summed E-state index contributed by atoms with van der Waals surface area (Å²) in [6.07, 6.45) is 0. The molecule has 0 radical (unpaired) electrons. The van der Waals surface area contributed by atoms with Crippen LogP contribution in [0.25, 0.3) is 0 Å². The lowest BCUT2D eigenvalue weighted by molar-refractivity contribution is 0.0819. The summed E-state index contributed by atoms with van der Waals surface area (Å²) in [5.74, 6) is -0.445. The maximum Gasteiger partial charge on any atom is 0.157 e. The summed E-state index contributed by atoms with van der Waals surface area (Å²) < 4.78 is 24.6. The number of benzene rings is 2. The molecule has 0 saturated heterocycles. The number of aliphatic hydroxyl groups is 1. The second-order valence-electron chi connectivity index (χ2n) is 5.30. The lowest BCUT2D eigenvalue weighted by Gasteiger charge is -2.23. The molecule has 0 aliphatic carbocycles. The van der Waals surface area contributed by atoms with Crippen LogP contribution in [-0.2, 0) is 21.2 Å². The highest BCUT2D eigenvalue weighted by Crippen LogP contribution is 2.24. The molecule has 1 N–H and O–H groups in total. The van der Waals surface area contributed by atoms with E-state index in [-0.39, 0.29) is 11.5 Å². The second kappa shape index (κ2) is 6.18. The Kier molecular flexibility index (Phi) is 4.71. The summed E-state index contributed by atoms with van der Waals surface area (Å²) in [5.41, 5.74) is -0.167. The smallest absolute Gasteiger partial charge is 0.157 e. The molecule has 0 amide bonds. The van der Waals surface area contributed by atoms with Crippen LogP contribution in [0.3, 0.4) is 0 Å². The van der Waals surface area contributed by atoms with Crippen molar-refractivity contribution in [2.45, 2.75) is 18.3 Å². The van der Waals surface area contributed by atoms with Gasteiger partial charge in [0.25, 0.3) is 0 Å². The second-order valence-corrected chi connectivity index (χ2v) is 7.80. The van der Waals surface area contributed by atoms with E-state index in [2.05, 4.69) is 0 Å². The van der Waals surface area contributed by atoms with E-state index in [4.69, 9.17) is 11.6 Å². The topological polar surface area (TPSA) is 54.4 Å². The first-order chi connectivity index (χ1) is 9.78. The molecule has 21 heavy (non-hydrogen) atoms. The van der Waals surface area contributed by atoms with E-state index in [0.717, 1.165) is 0 Å². The highest BCUT2D eigenvalue weighted by Gasteiger charge is 2.30. The van der Waals surface area contributed by atoms with Gasteiger partial charge in [-0.2, -0.15) is 0 Å². The fraction of sp³-hybridized carbons (Fsp3) is 0.250. The molecule has 0 aliphatic rings. The predicted molar refractivity (Wildman–Crippen MR) is 85.0 cm³/mol. The maximum atomic E-state index is 12.3. The van der Waals surface area contributed by atoms with Gasteiger partial charge in [-0.1, -0.05) is 54.1 Å². The average Bonchev–Trinajstić information content (AvgIpc) is 2.41. The molecule has 0 heterocycles. The van der Waals surface area contributed by atoms with E-state index in [0.29, 0.717) is 16.1 Å². The van der Waals surface area contributed by atoms with Crippen LogP contribution in [0.5, 0.6) is 0 Å². The summed E-state index contributed by atoms with van der Waals surface area (Å²) in [7, 11) is -3.45. The summed E-state index contributed by atoms with van der Waals surface area (Å²) in [6, 6.07) is 15.5. The Hall–Kier alpha value is -1.36. The van der Waals surface area contributed by atoms with Crippen molar-refractivity contribution in [2.24, 2.45) is 0 Å². The van der Waals surface area contributed by atoms with Crippen molar-refractivity contribution in [2.75, 3.05) is 5.75 Å². The number of rotatable bonds is 5. The minimum atomic E-state index is -3.45. The molecule has 0 saturated carbocycles. The molecular formula is C16H17ClO3S. The molecule has 2 rings (SSSR count). The van der Waals surface area contributed by atoms with Crippen LogP contribution in [-0.4, -0.2) is 19.3 Å². The molecule has 0 bridgehead atoms. The molecule has 0 aromatic heterocycles. The summed E-state index contributed by atoms with van der Waals surface area (Å²) >= 11 is 5.78. The highest BCUT2D eigenvalue weighted by molar-refractivity contribution is 7.90. The minimum absolute atomic E-state index is 0.118. The zero-order valence-corrected chi connectivity index (χ0v) is 13.2. The van der Waals surface area contributed by atoms with Crippen LogP contribution in [0.1, 0.15) is 18.1 Å². The molecule has 3 nitrogen and oxygen atoms in total. The van der Waals surface area contributed by atoms with Gasteiger partial charge >= 0.3 is 0 Å². The van der Waals surface area contributed by atoms with E-state index < -0.39 is 15.4 Å². The van der Waals surface area contributed by atoms with Crippen molar-refractivity contribution in [3.05, 3.63) is 70.7 Å². The first-order valence-electron chi connectivity index (χ1n) is 6.51. The van der Waals surface area contributed by atoms with Crippen LogP contribution in [0.15, 0.2) is 54.6 Å². The number of hydrogen-bond acceptors (Lipinski definition) is 3. The Morgan fingerprint density at radius 1 is 1.05 bits per heavy atom. The highest BCUT2D eigenvalue weighted by atomic mass is 35.5. The first kappa shape index (κ1) is 16.0. The van der Waals surface area contributed by atoms with E-state index in [1.54, 1.807) is 48.5 Å². The van der Waals surface area contributed by atoms with E-state index in [1.165, 1.54) is 6.92 Å².